The Balaban J connectivity index is 1.85. The van der Waals surface area contributed by atoms with Gasteiger partial charge in [-0.05, 0) is 23.6 Å². The number of nitrogens with one attached hydrogen (secondary N) is 3. The van der Waals surface area contributed by atoms with E-state index in [1.807, 2.05) is 36.4 Å². The number of ether oxygens (including phenoxy) is 1. The molecule has 1 fully saturated rings. The van der Waals surface area contributed by atoms with Crippen LogP contribution in [-0.2, 0) is 11.0 Å². The van der Waals surface area contributed by atoms with Crippen LogP contribution >= 0.6 is 11.6 Å². The van der Waals surface area contributed by atoms with E-state index in [0.29, 0.717) is 33.6 Å². The molecule has 0 aliphatic carbocycles. The summed E-state index contributed by atoms with van der Waals surface area (Å²) in [5, 5.41) is 8.87. The summed E-state index contributed by atoms with van der Waals surface area (Å²) in [6.07, 6.45) is 3.27. The van der Waals surface area contributed by atoms with E-state index in [1.54, 1.807) is 30.9 Å². The average molecular weight is 526 g/mol. The molecule has 2 aromatic carbocycles. The van der Waals surface area contributed by atoms with Gasteiger partial charge in [0, 0.05) is 62.8 Å². The van der Waals surface area contributed by atoms with E-state index in [2.05, 4.69) is 26.6 Å². The molecule has 1 atom stereocenters. The Bertz CT molecular complexity index is 1470. The number of piperazine rings is 1. The molecule has 0 saturated carbocycles. The largest absolute Gasteiger partial charge is 0.494 e. The van der Waals surface area contributed by atoms with Gasteiger partial charge in [-0.1, -0.05) is 29.8 Å². The topological polar surface area (TPSA) is 98.4 Å². The van der Waals surface area contributed by atoms with Gasteiger partial charge in [0.15, 0.2) is 5.82 Å². The van der Waals surface area contributed by atoms with E-state index in [-0.39, 0.29) is 0 Å². The molecule has 9 nitrogen and oxygen atoms in total. The number of benzene rings is 2. The molecule has 1 saturated heterocycles. The SMILES string of the molecule is COc1cc(N2CCNCC2)c2ccc3ccc(N(C)S(C)=O)c(c3)nc3[nH]c(nc1c2)NC=C3Cl. The van der Waals surface area contributed by atoms with Gasteiger partial charge < -0.3 is 25.3 Å². The van der Waals surface area contributed by atoms with Crippen molar-refractivity contribution in [2.24, 2.45) is 0 Å². The lowest BCUT2D eigenvalue weighted by molar-refractivity contribution is 0.418. The fourth-order valence-corrected chi connectivity index (χ4v) is 4.83. The Hall–Kier alpha value is -3.34. The molecule has 0 amide bonds. The molecule has 0 spiro atoms. The van der Waals surface area contributed by atoms with Crippen LogP contribution in [0.1, 0.15) is 5.82 Å². The quantitative estimate of drug-likeness (QED) is 0.475. The van der Waals surface area contributed by atoms with Crippen molar-refractivity contribution in [2.75, 3.05) is 61.1 Å². The molecule has 188 valence electrons. The van der Waals surface area contributed by atoms with Crippen LogP contribution in [0.4, 0.5) is 17.3 Å². The van der Waals surface area contributed by atoms with Crippen LogP contribution in [0.25, 0.3) is 26.8 Å². The Morgan fingerprint density at radius 3 is 2.61 bits per heavy atom. The van der Waals surface area contributed by atoms with Crippen molar-refractivity contribution in [3.05, 3.63) is 54.5 Å². The standard InChI is InChI=1S/C25H28ClN7O2S/c1-32(36(3)34)21-7-5-16-4-6-17-13-20(23(35-2)14-22(17)33-10-8-27-9-11-33)30-25-28-15-18(26)24(31-25)29-19(21)12-16/h4-7,12-15,27H,8-11H2,1-3H3,(H2,28,29,30,31). The number of fused-ring (bicyclic) bond motifs is 6. The zero-order chi connectivity index (χ0) is 25.2. The normalized spacial score (nSPS) is 15.6. The molecule has 1 aromatic heterocycles. The minimum absolute atomic E-state index is 0.401. The van der Waals surface area contributed by atoms with Crippen molar-refractivity contribution >= 4 is 66.7 Å². The molecule has 36 heavy (non-hydrogen) atoms. The Morgan fingerprint density at radius 1 is 1.08 bits per heavy atom. The van der Waals surface area contributed by atoms with Crippen molar-refractivity contribution in [3.8, 4) is 5.75 Å². The van der Waals surface area contributed by atoms with Gasteiger partial charge in [0.05, 0.1) is 23.3 Å². The first-order chi connectivity index (χ1) is 17.4. The molecule has 1 unspecified atom stereocenters. The Kier molecular flexibility index (Phi) is 6.99. The molecule has 5 rings (SSSR count). The monoisotopic (exact) mass is 525 g/mol. The fourth-order valence-electron chi connectivity index (χ4n) is 4.25. The number of hydrogen-bond donors (Lipinski definition) is 3. The summed E-state index contributed by atoms with van der Waals surface area (Å²) in [5.41, 5.74) is 3.12. The van der Waals surface area contributed by atoms with Gasteiger partial charge in [0.2, 0.25) is 5.95 Å². The van der Waals surface area contributed by atoms with Crippen LogP contribution in [0.2, 0.25) is 0 Å². The van der Waals surface area contributed by atoms with Crippen molar-refractivity contribution in [1.82, 2.24) is 20.3 Å². The maximum Gasteiger partial charge on any atom is 0.206 e. The summed E-state index contributed by atoms with van der Waals surface area (Å²) < 4.78 is 19.6. The molecule has 3 aromatic rings. The van der Waals surface area contributed by atoms with Gasteiger partial charge in [0.1, 0.15) is 22.3 Å². The molecule has 0 radical (unpaired) electrons. The van der Waals surface area contributed by atoms with Crippen LogP contribution in [0.15, 0.2) is 48.7 Å². The molecule has 2 aliphatic heterocycles. The third kappa shape index (κ3) is 4.97. The highest BCUT2D eigenvalue weighted by Crippen LogP contribution is 2.32. The molecule has 3 N–H and O–H groups in total. The lowest BCUT2D eigenvalue weighted by Crippen LogP contribution is -2.43. The zero-order valence-corrected chi connectivity index (χ0v) is 21.9. The average Bonchev–Trinajstić information content (AvgIpc) is 2.89. The third-order valence-corrected chi connectivity index (χ3v) is 7.48. The van der Waals surface area contributed by atoms with E-state index in [9.17, 15) is 4.21 Å². The van der Waals surface area contributed by atoms with E-state index in [0.717, 1.165) is 48.3 Å². The first kappa shape index (κ1) is 24.4. The molecule has 3 heterocycles. The summed E-state index contributed by atoms with van der Waals surface area (Å²) in [4.78, 5) is 15.1. The van der Waals surface area contributed by atoms with Crippen molar-refractivity contribution in [1.29, 1.82) is 0 Å². The van der Waals surface area contributed by atoms with Gasteiger partial charge >= 0.3 is 0 Å². The number of aromatic amines is 1. The number of methoxy groups -OCH3 is 1. The molecule has 11 heteroatoms. The predicted molar refractivity (Wildman–Crippen MR) is 149 cm³/mol. The van der Waals surface area contributed by atoms with Gasteiger partial charge in [0.25, 0.3) is 0 Å². The van der Waals surface area contributed by atoms with Crippen LogP contribution in [0.5, 0.6) is 5.75 Å². The van der Waals surface area contributed by atoms with E-state index in [4.69, 9.17) is 26.3 Å². The molecule has 2 aliphatic rings. The van der Waals surface area contributed by atoms with Crippen LogP contribution in [0, 0.1) is 0 Å². The maximum atomic E-state index is 12.2. The smallest absolute Gasteiger partial charge is 0.206 e. The molecule has 6 bridgehead atoms. The molecular weight excluding hydrogens is 498 g/mol. The van der Waals surface area contributed by atoms with Crippen molar-refractivity contribution < 1.29 is 8.95 Å². The fraction of sp³-hybridized carbons (Fsp3) is 0.280. The second kappa shape index (κ2) is 10.3. The van der Waals surface area contributed by atoms with E-state index in [1.165, 1.54) is 0 Å². The number of halogens is 1. The first-order valence-corrected chi connectivity index (χ1v) is 13.5. The van der Waals surface area contributed by atoms with Gasteiger partial charge in [-0.15, -0.1) is 0 Å². The summed E-state index contributed by atoms with van der Waals surface area (Å²) in [6, 6.07) is 14.1. The summed E-state index contributed by atoms with van der Waals surface area (Å²) >= 11 is 6.47. The highest BCUT2D eigenvalue weighted by molar-refractivity contribution is 7.85. The van der Waals surface area contributed by atoms with Crippen LogP contribution in [-0.4, -0.2) is 65.8 Å². The Morgan fingerprint density at radius 2 is 1.86 bits per heavy atom. The van der Waals surface area contributed by atoms with Crippen molar-refractivity contribution in [3.63, 3.8) is 0 Å². The maximum absolute atomic E-state index is 12.2. The second-order valence-electron chi connectivity index (χ2n) is 8.51. The summed E-state index contributed by atoms with van der Waals surface area (Å²) in [5.74, 6) is 1.56. The number of rotatable bonds is 4. The van der Waals surface area contributed by atoms with E-state index >= 15 is 0 Å². The number of nitrogens with zero attached hydrogens (tertiary/aromatic N) is 4. The minimum Gasteiger partial charge on any atom is -0.494 e. The lowest BCUT2D eigenvalue weighted by Gasteiger charge is -2.30. The molecular formula is C25H28ClN7O2S. The Labute approximate surface area is 217 Å². The van der Waals surface area contributed by atoms with Crippen LogP contribution in [0.3, 0.4) is 0 Å². The van der Waals surface area contributed by atoms with Crippen LogP contribution < -0.4 is 24.6 Å². The first-order valence-electron chi connectivity index (χ1n) is 11.6. The second-order valence-corrected chi connectivity index (χ2v) is 10.3. The van der Waals surface area contributed by atoms with E-state index < -0.39 is 11.0 Å². The number of anilines is 3. The lowest BCUT2D eigenvalue weighted by atomic mass is 10.1. The van der Waals surface area contributed by atoms with Gasteiger partial charge in [-0.25, -0.2) is 14.2 Å². The number of H-pyrrole nitrogens is 1. The zero-order valence-electron chi connectivity index (χ0n) is 20.3. The number of aromatic nitrogens is 3. The number of hydrogen-bond acceptors (Lipinski definition) is 7. The van der Waals surface area contributed by atoms with Gasteiger partial charge in [-0.2, -0.15) is 0 Å². The third-order valence-electron chi connectivity index (χ3n) is 6.23. The summed E-state index contributed by atoms with van der Waals surface area (Å²) in [6.45, 7) is 3.66. The van der Waals surface area contributed by atoms with Gasteiger partial charge in [-0.3, -0.25) is 4.31 Å². The highest BCUT2D eigenvalue weighted by Gasteiger charge is 2.16. The van der Waals surface area contributed by atoms with Crippen molar-refractivity contribution in [2.45, 2.75) is 0 Å². The minimum atomic E-state index is -1.22. The summed E-state index contributed by atoms with van der Waals surface area (Å²) in [7, 11) is 2.20. The highest BCUT2D eigenvalue weighted by atomic mass is 35.5. The predicted octanol–water partition coefficient (Wildman–Crippen LogP) is 3.91.